The molecule has 2 unspecified atom stereocenters. The van der Waals surface area contributed by atoms with E-state index in [2.05, 4.69) is 27.7 Å². The van der Waals surface area contributed by atoms with E-state index in [4.69, 9.17) is 4.74 Å². The van der Waals surface area contributed by atoms with E-state index in [9.17, 15) is 4.79 Å². The van der Waals surface area contributed by atoms with E-state index >= 15 is 0 Å². The Bertz CT molecular complexity index is 337. The van der Waals surface area contributed by atoms with Gasteiger partial charge < -0.3 is 4.74 Å². The summed E-state index contributed by atoms with van der Waals surface area (Å²) in [7, 11) is 0. The van der Waals surface area contributed by atoms with Gasteiger partial charge in [0, 0.05) is 0 Å². The summed E-state index contributed by atoms with van der Waals surface area (Å²) in [5, 5.41) is 0. The van der Waals surface area contributed by atoms with Crippen LogP contribution in [0.15, 0.2) is 0 Å². The summed E-state index contributed by atoms with van der Waals surface area (Å²) < 4.78 is 5.64. The van der Waals surface area contributed by atoms with Crippen LogP contribution < -0.4 is 0 Å². The van der Waals surface area contributed by atoms with Crippen molar-refractivity contribution >= 4 is 5.97 Å². The second-order valence-electron chi connectivity index (χ2n) is 9.27. The highest BCUT2D eigenvalue weighted by molar-refractivity contribution is 5.72. The molecule has 28 heavy (non-hydrogen) atoms. The predicted molar refractivity (Wildman–Crippen MR) is 124 cm³/mol. The minimum absolute atomic E-state index is 0.0330. The van der Waals surface area contributed by atoms with E-state index in [1.165, 1.54) is 83.5 Å². The Balaban J connectivity index is 3.59. The maximum atomic E-state index is 12.4. The lowest BCUT2D eigenvalue weighted by Crippen LogP contribution is -2.26. The topological polar surface area (TPSA) is 26.3 Å². The lowest BCUT2D eigenvalue weighted by atomic mass is 9.90. The first-order valence-corrected chi connectivity index (χ1v) is 12.7. The Hall–Kier alpha value is -0.530. The van der Waals surface area contributed by atoms with Gasteiger partial charge >= 0.3 is 5.97 Å². The SMILES string of the molecule is CCCCCCCCCCCCCCCCC(C(=O)OC(C)CCC)C(C)C. The fourth-order valence-corrected chi connectivity index (χ4v) is 4.03. The summed E-state index contributed by atoms with van der Waals surface area (Å²) in [6.07, 6.45) is 22.4. The number of hydrogen-bond acceptors (Lipinski definition) is 2. The number of carbonyl (C=O) groups is 1. The zero-order valence-electron chi connectivity index (χ0n) is 20.1. The van der Waals surface area contributed by atoms with Gasteiger partial charge in [-0.05, 0) is 25.7 Å². The number of ether oxygens (including phenoxy) is 1. The molecule has 168 valence electrons. The molecule has 0 aromatic rings. The van der Waals surface area contributed by atoms with Crippen molar-refractivity contribution in [2.45, 2.75) is 150 Å². The van der Waals surface area contributed by atoms with Crippen molar-refractivity contribution in [2.24, 2.45) is 11.8 Å². The number of hydrogen-bond donors (Lipinski definition) is 0. The van der Waals surface area contributed by atoms with Crippen LogP contribution in [0.3, 0.4) is 0 Å². The molecule has 0 aliphatic heterocycles. The first kappa shape index (κ1) is 27.5. The van der Waals surface area contributed by atoms with Crippen LogP contribution >= 0.6 is 0 Å². The van der Waals surface area contributed by atoms with Crippen molar-refractivity contribution in [2.75, 3.05) is 0 Å². The van der Waals surface area contributed by atoms with Crippen molar-refractivity contribution in [1.29, 1.82) is 0 Å². The lowest BCUT2D eigenvalue weighted by molar-refractivity contribution is -0.155. The Kier molecular flexibility index (Phi) is 19.4. The minimum Gasteiger partial charge on any atom is -0.462 e. The molecule has 0 heterocycles. The number of carbonyl (C=O) groups excluding carboxylic acids is 1. The van der Waals surface area contributed by atoms with Gasteiger partial charge in [-0.3, -0.25) is 4.79 Å². The first-order chi connectivity index (χ1) is 13.5. The average molecular weight is 397 g/mol. The molecule has 0 saturated heterocycles. The van der Waals surface area contributed by atoms with Gasteiger partial charge in [-0.15, -0.1) is 0 Å². The van der Waals surface area contributed by atoms with E-state index < -0.39 is 0 Å². The first-order valence-electron chi connectivity index (χ1n) is 12.7. The highest BCUT2D eigenvalue weighted by atomic mass is 16.5. The predicted octanol–water partition coefficient (Wildman–Crippen LogP) is 8.86. The lowest BCUT2D eigenvalue weighted by Gasteiger charge is -2.22. The molecule has 0 aliphatic carbocycles. The summed E-state index contributed by atoms with van der Waals surface area (Å²) in [6, 6.07) is 0. The fourth-order valence-electron chi connectivity index (χ4n) is 4.03. The van der Waals surface area contributed by atoms with Gasteiger partial charge in [0.15, 0.2) is 0 Å². The van der Waals surface area contributed by atoms with Crippen molar-refractivity contribution in [3.05, 3.63) is 0 Å². The van der Waals surface area contributed by atoms with E-state index in [0.29, 0.717) is 5.92 Å². The fraction of sp³-hybridized carbons (Fsp3) is 0.962. The third-order valence-electron chi connectivity index (χ3n) is 5.99. The van der Waals surface area contributed by atoms with Crippen LogP contribution in [-0.4, -0.2) is 12.1 Å². The van der Waals surface area contributed by atoms with E-state index in [1.807, 2.05) is 6.92 Å². The summed E-state index contributed by atoms with van der Waals surface area (Å²) in [6.45, 7) is 10.7. The van der Waals surface area contributed by atoms with Gasteiger partial charge in [0.1, 0.15) is 0 Å². The molecular weight excluding hydrogens is 344 g/mol. The molecular formula is C26H52O2. The van der Waals surface area contributed by atoms with Crippen LogP contribution in [0.4, 0.5) is 0 Å². The molecule has 0 amide bonds. The third kappa shape index (κ3) is 16.4. The molecule has 0 rings (SSSR count). The Morgan fingerprint density at radius 1 is 0.607 bits per heavy atom. The van der Waals surface area contributed by atoms with Crippen LogP contribution in [0, 0.1) is 11.8 Å². The molecule has 0 aromatic carbocycles. The molecule has 0 bridgehead atoms. The highest BCUT2D eigenvalue weighted by Crippen LogP contribution is 2.22. The van der Waals surface area contributed by atoms with E-state index in [1.54, 1.807) is 0 Å². The summed E-state index contributed by atoms with van der Waals surface area (Å²) >= 11 is 0. The van der Waals surface area contributed by atoms with Crippen LogP contribution in [0.5, 0.6) is 0 Å². The summed E-state index contributed by atoms with van der Waals surface area (Å²) in [4.78, 5) is 12.4. The number of esters is 1. The monoisotopic (exact) mass is 396 g/mol. The molecule has 2 nitrogen and oxygen atoms in total. The molecule has 0 aliphatic rings. The molecule has 0 N–H and O–H groups in total. The second kappa shape index (κ2) is 19.8. The number of unbranched alkanes of at least 4 members (excludes halogenated alkanes) is 13. The Labute approximate surface area is 177 Å². The Morgan fingerprint density at radius 3 is 1.43 bits per heavy atom. The molecule has 0 spiro atoms. The summed E-state index contributed by atoms with van der Waals surface area (Å²) in [5.74, 6) is 0.491. The smallest absolute Gasteiger partial charge is 0.309 e. The quantitative estimate of drug-likeness (QED) is 0.152. The van der Waals surface area contributed by atoms with Crippen LogP contribution in [0.25, 0.3) is 0 Å². The second-order valence-corrected chi connectivity index (χ2v) is 9.27. The minimum atomic E-state index is 0.0330. The summed E-state index contributed by atoms with van der Waals surface area (Å²) in [5.41, 5.74) is 0. The molecule has 2 atom stereocenters. The highest BCUT2D eigenvalue weighted by Gasteiger charge is 2.24. The average Bonchev–Trinajstić information content (AvgIpc) is 2.64. The molecule has 2 heteroatoms. The number of rotatable bonds is 20. The van der Waals surface area contributed by atoms with Crippen molar-refractivity contribution < 1.29 is 9.53 Å². The van der Waals surface area contributed by atoms with Gasteiger partial charge in [0.05, 0.1) is 12.0 Å². The zero-order valence-corrected chi connectivity index (χ0v) is 20.1. The molecule has 0 aromatic heterocycles. The standard InChI is InChI=1S/C26H52O2/c1-6-8-9-10-11-12-13-14-15-16-17-18-19-20-22-25(23(3)4)26(27)28-24(5)21-7-2/h23-25H,6-22H2,1-5H3. The van der Waals surface area contributed by atoms with Gasteiger partial charge in [0.2, 0.25) is 0 Å². The van der Waals surface area contributed by atoms with E-state index in [0.717, 1.165) is 25.7 Å². The van der Waals surface area contributed by atoms with Crippen LogP contribution in [0.2, 0.25) is 0 Å². The Morgan fingerprint density at radius 2 is 1.04 bits per heavy atom. The van der Waals surface area contributed by atoms with E-state index in [-0.39, 0.29) is 18.0 Å². The van der Waals surface area contributed by atoms with Gasteiger partial charge in [-0.25, -0.2) is 0 Å². The van der Waals surface area contributed by atoms with Gasteiger partial charge in [-0.2, -0.15) is 0 Å². The largest absolute Gasteiger partial charge is 0.462 e. The molecule has 0 radical (unpaired) electrons. The van der Waals surface area contributed by atoms with Gasteiger partial charge in [-0.1, -0.05) is 124 Å². The maximum Gasteiger partial charge on any atom is 0.309 e. The molecule has 0 saturated carbocycles. The van der Waals surface area contributed by atoms with Crippen molar-refractivity contribution in [3.8, 4) is 0 Å². The van der Waals surface area contributed by atoms with Crippen LogP contribution in [-0.2, 0) is 9.53 Å². The molecule has 0 fully saturated rings. The zero-order chi connectivity index (χ0) is 21.0. The van der Waals surface area contributed by atoms with Crippen molar-refractivity contribution in [1.82, 2.24) is 0 Å². The third-order valence-corrected chi connectivity index (χ3v) is 5.99. The maximum absolute atomic E-state index is 12.4. The van der Waals surface area contributed by atoms with Crippen molar-refractivity contribution in [3.63, 3.8) is 0 Å². The van der Waals surface area contributed by atoms with Crippen LogP contribution in [0.1, 0.15) is 144 Å². The normalized spacial score (nSPS) is 13.6. The van der Waals surface area contributed by atoms with Gasteiger partial charge in [0.25, 0.3) is 0 Å².